The zero-order valence-electron chi connectivity index (χ0n) is 17.0. The van der Waals surface area contributed by atoms with E-state index in [1.807, 2.05) is 42.3 Å². The first-order valence-corrected chi connectivity index (χ1v) is 10.3. The summed E-state index contributed by atoms with van der Waals surface area (Å²) < 4.78 is 31.7. The Balaban J connectivity index is 2.15. The van der Waals surface area contributed by atoms with Crippen molar-refractivity contribution >= 4 is 16.0 Å². The summed E-state index contributed by atoms with van der Waals surface area (Å²) in [6, 6.07) is 14.8. The van der Waals surface area contributed by atoms with Gasteiger partial charge in [-0.2, -0.15) is 0 Å². The lowest BCUT2D eigenvalue weighted by molar-refractivity contribution is 0.396. The van der Waals surface area contributed by atoms with Gasteiger partial charge in [-0.05, 0) is 17.7 Å². The first-order chi connectivity index (χ1) is 13.3. The average Bonchev–Trinajstić information content (AvgIpc) is 2.69. The standard InChI is InChI=1S/C20H28N4O3S/c1-21-20(24(4)15-17-11-6-8-12-18(17)27-5)22-14-16-10-7-9-13-19(16)28(25,26)23(2)3/h6-13H,14-15H2,1-5H3,(H,21,22). The summed E-state index contributed by atoms with van der Waals surface area (Å²) in [5.41, 5.74) is 1.72. The fraction of sp³-hybridized carbons (Fsp3) is 0.350. The smallest absolute Gasteiger partial charge is 0.242 e. The fourth-order valence-electron chi connectivity index (χ4n) is 2.82. The molecular weight excluding hydrogens is 376 g/mol. The number of rotatable bonds is 7. The van der Waals surface area contributed by atoms with Gasteiger partial charge in [-0.3, -0.25) is 4.99 Å². The Kier molecular flexibility index (Phi) is 7.42. The highest BCUT2D eigenvalue weighted by Gasteiger charge is 2.21. The van der Waals surface area contributed by atoms with Crippen LogP contribution in [0.1, 0.15) is 11.1 Å². The van der Waals surface area contributed by atoms with E-state index in [4.69, 9.17) is 4.74 Å². The topological polar surface area (TPSA) is 74.2 Å². The van der Waals surface area contributed by atoms with Crippen LogP contribution in [0.3, 0.4) is 0 Å². The monoisotopic (exact) mass is 404 g/mol. The third-order valence-electron chi connectivity index (χ3n) is 4.34. The number of hydrogen-bond donors (Lipinski definition) is 1. The van der Waals surface area contributed by atoms with Gasteiger partial charge in [-0.15, -0.1) is 0 Å². The zero-order valence-corrected chi connectivity index (χ0v) is 17.8. The van der Waals surface area contributed by atoms with Crippen LogP contribution in [0, 0.1) is 0 Å². The molecule has 1 N–H and O–H groups in total. The Hall–Kier alpha value is -2.58. The third-order valence-corrected chi connectivity index (χ3v) is 6.26. The van der Waals surface area contributed by atoms with Gasteiger partial charge in [-0.1, -0.05) is 36.4 Å². The molecule has 7 nitrogen and oxygen atoms in total. The summed E-state index contributed by atoms with van der Waals surface area (Å²) >= 11 is 0. The van der Waals surface area contributed by atoms with Gasteiger partial charge in [0, 0.05) is 46.8 Å². The Bertz CT molecular complexity index is 927. The molecule has 0 spiro atoms. The Morgan fingerprint density at radius 2 is 1.64 bits per heavy atom. The van der Waals surface area contributed by atoms with Gasteiger partial charge < -0.3 is 15.0 Å². The number of hydrogen-bond acceptors (Lipinski definition) is 4. The number of guanidine groups is 1. The quantitative estimate of drug-likeness (QED) is 0.565. The number of para-hydroxylation sites is 1. The summed E-state index contributed by atoms with van der Waals surface area (Å²) in [5, 5.41) is 3.25. The van der Waals surface area contributed by atoms with Crippen molar-refractivity contribution in [3.05, 3.63) is 59.7 Å². The maximum absolute atomic E-state index is 12.6. The summed E-state index contributed by atoms with van der Waals surface area (Å²) in [4.78, 5) is 6.56. The molecular formula is C20H28N4O3S. The van der Waals surface area contributed by atoms with Gasteiger partial charge in [0.15, 0.2) is 5.96 Å². The highest BCUT2D eigenvalue weighted by molar-refractivity contribution is 7.89. The van der Waals surface area contributed by atoms with Gasteiger partial charge in [-0.25, -0.2) is 12.7 Å². The number of benzene rings is 2. The first kappa shape index (κ1) is 21.7. The molecule has 0 aliphatic rings. The number of sulfonamides is 1. The van der Waals surface area contributed by atoms with Gasteiger partial charge in [0.05, 0.1) is 12.0 Å². The van der Waals surface area contributed by atoms with Crippen LogP contribution in [-0.2, 0) is 23.1 Å². The van der Waals surface area contributed by atoms with E-state index in [2.05, 4.69) is 10.3 Å². The van der Waals surface area contributed by atoms with Crippen molar-refractivity contribution in [2.75, 3.05) is 35.3 Å². The predicted octanol–water partition coefficient (Wildman–Crippen LogP) is 2.15. The van der Waals surface area contributed by atoms with Crippen LogP contribution in [0.4, 0.5) is 0 Å². The molecule has 0 saturated heterocycles. The van der Waals surface area contributed by atoms with Gasteiger partial charge in [0.25, 0.3) is 0 Å². The van der Waals surface area contributed by atoms with Crippen molar-refractivity contribution in [2.45, 2.75) is 18.0 Å². The van der Waals surface area contributed by atoms with Crippen molar-refractivity contribution in [1.29, 1.82) is 0 Å². The van der Waals surface area contributed by atoms with Crippen LogP contribution in [-0.4, -0.2) is 58.9 Å². The maximum atomic E-state index is 12.6. The number of nitrogens with one attached hydrogen (secondary N) is 1. The van der Waals surface area contributed by atoms with Gasteiger partial charge in [0.1, 0.15) is 5.75 Å². The fourth-order valence-corrected chi connectivity index (χ4v) is 3.94. The molecule has 2 rings (SSSR count). The lowest BCUT2D eigenvalue weighted by atomic mass is 10.2. The molecule has 2 aromatic rings. The lowest BCUT2D eigenvalue weighted by Gasteiger charge is -2.23. The molecule has 28 heavy (non-hydrogen) atoms. The van der Waals surface area contributed by atoms with E-state index in [1.54, 1.807) is 32.4 Å². The Labute approximate surface area is 167 Å². The number of methoxy groups -OCH3 is 1. The van der Waals surface area contributed by atoms with Crippen LogP contribution in [0.15, 0.2) is 58.4 Å². The molecule has 0 amide bonds. The molecule has 0 heterocycles. The van der Waals surface area contributed by atoms with Gasteiger partial charge >= 0.3 is 0 Å². The largest absolute Gasteiger partial charge is 0.496 e. The molecule has 0 aliphatic heterocycles. The minimum atomic E-state index is -3.52. The summed E-state index contributed by atoms with van der Waals surface area (Å²) in [7, 11) is 4.80. The van der Waals surface area contributed by atoms with E-state index in [1.165, 1.54) is 18.4 Å². The average molecular weight is 405 g/mol. The van der Waals surface area contributed by atoms with Crippen LogP contribution >= 0.6 is 0 Å². The molecule has 0 fully saturated rings. The zero-order chi connectivity index (χ0) is 20.7. The number of aliphatic imine (C=N–C) groups is 1. The number of nitrogens with zero attached hydrogens (tertiary/aromatic N) is 3. The molecule has 152 valence electrons. The normalized spacial score (nSPS) is 12.1. The maximum Gasteiger partial charge on any atom is 0.242 e. The van der Waals surface area contributed by atoms with E-state index in [0.29, 0.717) is 24.6 Å². The molecule has 0 saturated carbocycles. The van der Waals surface area contributed by atoms with E-state index in [0.717, 1.165) is 11.3 Å². The van der Waals surface area contributed by atoms with E-state index < -0.39 is 10.0 Å². The molecule has 0 atom stereocenters. The summed E-state index contributed by atoms with van der Waals surface area (Å²) in [6.45, 7) is 0.938. The highest BCUT2D eigenvalue weighted by Crippen LogP contribution is 2.20. The number of ether oxygens (including phenoxy) is 1. The van der Waals surface area contributed by atoms with Crippen LogP contribution in [0.2, 0.25) is 0 Å². The van der Waals surface area contributed by atoms with Crippen molar-refractivity contribution in [3.63, 3.8) is 0 Å². The molecule has 0 unspecified atom stereocenters. The second-order valence-corrected chi connectivity index (χ2v) is 8.58. The summed E-state index contributed by atoms with van der Waals surface area (Å²) in [6.07, 6.45) is 0. The first-order valence-electron chi connectivity index (χ1n) is 8.85. The highest BCUT2D eigenvalue weighted by atomic mass is 32.2. The van der Waals surface area contributed by atoms with Crippen molar-refractivity contribution in [3.8, 4) is 5.75 Å². The Morgan fingerprint density at radius 1 is 1.04 bits per heavy atom. The van der Waals surface area contributed by atoms with E-state index >= 15 is 0 Å². The SMILES string of the molecule is CN=C(NCc1ccccc1S(=O)(=O)N(C)C)N(C)Cc1ccccc1OC. The van der Waals surface area contributed by atoms with E-state index in [9.17, 15) is 8.42 Å². The van der Waals surface area contributed by atoms with Crippen LogP contribution in [0.25, 0.3) is 0 Å². The molecule has 0 radical (unpaired) electrons. The molecule has 0 aromatic heterocycles. The van der Waals surface area contributed by atoms with Crippen LogP contribution in [0.5, 0.6) is 5.75 Å². The third kappa shape index (κ3) is 5.02. The van der Waals surface area contributed by atoms with Crippen molar-refractivity contribution in [2.24, 2.45) is 4.99 Å². The Morgan fingerprint density at radius 3 is 2.25 bits per heavy atom. The summed E-state index contributed by atoms with van der Waals surface area (Å²) in [5.74, 6) is 1.47. The minimum absolute atomic E-state index is 0.287. The molecule has 0 aliphatic carbocycles. The molecule has 2 aromatic carbocycles. The van der Waals surface area contributed by atoms with E-state index in [-0.39, 0.29) is 4.90 Å². The van der Waals surface area contributed by atoms with Crippen LogP contribution < -0.4 is 10.1 Å². The minimum Gasteiger partial charge on any atom is -0.496 e. The molecule has 8 heteroatoms. The van der Waals surface area contributed by atoms with Gasteiger partial charge in [0.2, 0.25) is 10.0 Å². The molecule has 0 bridgehead atoms. The van der Waals surface area contributed by atoms with Crippen molar-refractivity contribution in [1.82, 2.24) is 14.5 Å². The van der Waals surface area contributed by atoms with Crippen molar-refractivity contribution < 1.29 is 13.2 Å². The second kappa shape index (κ2) is 9.57. The lowest BCUT2D eigenvalue weighted by Crippen LogP contribution is -2.38. The predicted molar refractivity (Wildman–Crippen MR) is 112 cm³/mol. The second-order valence-electron chi connectivity index (χ2n) is 6.46.